The van der Waals surface area contributed by atoms with Crippen molar-refractivity contribution in [1.82, 2.24) is 0 Å². The van der Waals surface area contributed by atoms with E-state index in [1.165, 1.54) is 0 Å². The second-order valence-electron chi connectivity index (χ2n) is 6.55. The van der Waals surface area contributed by atoms with Crippen molar-refractivity contribution in [2.45, 2.75) is 51.7 Å². The maximum atomic E-state index is 11.7. The van der Waals surface area contributed by atoms with Crippen LogP contribution in [0.25, 0.3) is 0 Å². The van der Waals surface area contributed by atoms with Gasteiger partial charge in [0, 0.05) is 5.75 Å². The van der Waals surface area contributed by atoms with E-state index < -0.39 is 20.6 Å². The van der Waals surface area contributed by atoms with E-state index in [0.29, 0.717) is 18.1 Å². The van der Waals surface area contributed by atoms with Gasteiger partial charge in [-0.1, -0.05) is 0 Å². The van der Waals surface area contributed by atoms with Crippen molar-refractivity contribution >= 4 is 25.8 Å². The molecule has 1 saturated heterocycles. The third kappa shape index (κ3) is 4.55. The standard InChI is InChI=1S/C13H22O5S2/c1-13(2,3)18-12(14)17-11-5-4-9-7-19-20(15,16)8-10(9)6-11/h9-11H,4-8H2,1-3H3. The van der Waals surface area contributed by atoms with E-state index in [1.54, 1.807) is 20.8 Å². The second kappa shape index (κ2) is 5.75. The molecule has 1 heterocycles. The van der Waals surface area contributed by atoms with Crippen LogP contribution in [0.5, 0.6) is 0 Å². The zero-order chi connectivity index (χ0) is 15.0. The molecule has 1 saturated carbocycles. The Bertz CT molecular complexity index is 466. The molecule has 0 aromatic rings. The molecule has 3 atom stereocenters. The van der Waals surface area contributed by atoms with Gasteiger partial charge in [-0.25, -0.2) is 13.2 Å². The Balaban J connectivity index is 1.88. The lowest BCUT2D eigenvalue weighted by Gasteiger charge is -2.38. The lowest BCUT2D eigenvalue weighted by atomic mass is 9.80. The topological polar surface area (TPSA) is 69.7 Å². The summed E-state index contributed by atoms with van der Waals surface area (Å²) < 4.78 is 33.8. The zero-order valence-electron chi connectivity index (χ0n) is 12.1. The molecule has 2 fully saturated rings. The van der Waals surface area contributed by atoms with Crippen LogP contribution in [0.3, 0.4) is 0 Å². The van der Waals surface area contributed by atoms with Gasteiger partial charge in [-0.2, -0.15) is 0 Å². The first-order valence-corrected chi connectivity index (χ1v) is 10.1. The van der Waals surface area contributed by atoms with Gasteiger partial charge in [-0.05, 0) is 62.7 Å². The minimum Gasteiger partial charge on any atom is -0.431 e. The van der Waals surface area contributed by atoms with E-state index >= 15 is 0 Å². The van der Waals surface area contributed by atoms with E-state index in [2.05, 4.69) is 0 Å². The van der Waals surface area contributed by atoms with E-state index in [-0.39, 0.29) is 17.8 Å². The van der Waals surface area contributed by atoms with Crippen LogP contribution in [0.2, 0.25) is 0 Å². The number of hydrogen-bond acceptors (Lipinski definition) is 6. The highest BCUT2D eigenvalue weighted by atomic mass is 33.1. The van der Waals surface area contributed by atoms with E-state index in [0.717, 1.165) is 23.6 Å². The molecule has 0 amide bonds. The van der Waals surface area contributed by atoms with Crippen molar-refractivity contribution in [1.29, 1.82) is 0 Å². The number of rotatable bonds is 1. The highest BCUT2D eigenvalue weighted by Gasteiger charge is 2.39. The molecule has 1 aliphatic heterocycles. The van der Waals surface area contributed by atoms with Crippen LogP contribution in [0.1, 0.15) is 40.0 Å². The maximum absolute atomic E-state index is 11.7. The Kier molecular flexibility index (Phi) is 4.59. The summed E-state index contributed by atoms with van der Waals surface area (Å²) in [5.74, 6) is 1.42. The molecule has 116 valence electrons. The Morgan fingerprint density at radius 2 is 1.90 bits per heavy atom. The van der Waals surface area contributed by atoms with Crippen molar-refractivity contribution in [3.05, 3.63) is 0 Å². The molecule has 20 heavy (non-hydrogen) atoms. The minimum absolute atomic E-state index is 0.113. The van der Waals surface area contributed by atoms with Crippen LogP contribution in [-0.2, 0) is 18.3 Å². The van der Waals surface area contributed by atoms with Crippen LogP contribution >= 0.6 is 10.8 Å². The van der Waals surface area contributed by atoms with Crippen LogP contribution in [0.15, 0.2) is 0 Å². The quantitative estimate of drug-likeness (QED) is 0.546. The van der Waals surface area contributed by atoms with Gasteiger partial charge in [-0.15, -0.1) is 0 Å². The molecule has 7 heteroatoms. The summed E-state index contributed by atoms with van der Waals surface area (Å²) in [6.07, 6.45) is 1.46. The molecule has 2 rings (SSSR count). The van der Waals surface area contributed by atoms with E-state index in [1.807, 2.05) is 0 Å². The molecular weight excluding hydrogens is 300 g/mol. The zero-order valence-corrected chi connectivity index (χ0v) is 13.8. The van der Waals surface area contributed by atoms with Gasteiger partial charge in [0.1, 0.15) is 11.7 Å². The molecule has 3 unspecified atom stereocenters. The minimum atomic E-state index is -2.99. The Morgan fingerprint density at radius 1 is 1.20 bits per heavy atom. The van der Waals surface area contributed by atoms with Crippen molar-refractivity contribution in [2.75, 3.05) is 11.5 Å². The first-order valence-electron chi connectivity index (χ1n) is 6.91. The lowest BCUT2D eigenvalue weighted by Crippen LogP contribution is -2.39. The largest absolute Gasteiger partial charge is 0.509 e. The fourth-order valence-corrected chi connectivity index (χ4v) is 6.53. The highest BCUT2D eigenvalue weighted by molar-refractivity contribution is 8.72. The molecule has 2 aliphatic rings. The normalized spacial score (nSPS) is 33.0. The highest BCUT2D eigenvalue weighted by Crippen LogP contribution is 2.41. The molecular formula is C13H22O5S2. The molecule has 0 radical (unpaired) electrons. The van der Waals surface area contributed by atoms with E-state index in [9.17, 15) is 13.2 Å². The first-order chi connectivity index (χ1) is 9.15. The summed E-state index contributed by atoms with van der Waals surface area (Å²) in [5, 5.41) is 0. The Morgan fingerprint density at radius 3 is 2.55 bits per heavy atom. The van der Waals surface area contributed by atoms with Gasteiger partial charge in [0.15, 0.2) is 0 Å². The van der Waals surface area contributed by atoms with Gasteiger partial charge < -0.3 is 9.47 Å². The number of carbonyl (C=O) groups excluding carboxylic acids is 1. The number of carbonyl (C=O) groups is 1. The summed E-state index contributed by atoms with van der Waals surface area (Å²) >= 11 is 0. The fraction of sp³-hybridized carbons (Fsp3) is 0.923. The monoisotopic (exact) mass is 322 g/mol. The molecule has 0 bridgehead atoms. The van der Waals surface area contributed by atoms with Gasteiger partial charge in [-0.3, -0.25) is 0 Å². The van der Waals surface area contributed by atoms with Gasteiger partial charge in [0.2, 0.25) is 8.87 Å². The van der Waals surface area contributed by atoms with Crippen molar-refractivity contribution < 1.29 is 22.7 Å². The van der Waals surface area contributed by atoms with Crippen molar-refractivity contribution in [3.63, 3.8) is 0 Å². The number of hydrogen-bond donors (Lipinski definition) is 0. The Hall–Kier alpha value is -0.430. The molecule has 0 spiro atoms. The summed E-state index contributed by atoms with van der Waals surface area (Å²) in [6, 6.07) is 0. The van der Waals surface area contributed by atoms with Crippen LogP contribution in [-0.4, -0.2) is 37.8 Å². The van der Waals surface area contributed by atoms with Crippen LogP contribution < -0.4 is 0 Å². The SMILES string of the molecule is CC(C)(C)OC(=O)OC1CCC2CSS(=O)(=O)CC2C1. The van der Waals surface area contributed by atoms with Crippen LogP contribution in [0, 0.1) is 11.8 Å². The average Bonchev–Trinajstić information content (AvgIpc) is 2.24. The summed E-state index contributed by atoms with van der Waals surface area (Å²) in [5.41, 5.74) is -0.570. The van der Waals surface area contributed by atoms with Gasteiger partial charge in [0.25, 0.3) is 0 Å². The van der Waals surface area contributed by atoms with E-state index in [4.69, 9.17) is 9.47 Å². The summed E-state index contributed by atoms with van der Waals surface area (Å²) in [6.45, 7) is 5.36. The van der Waals surface area contributed by atoms with Crippen molar-refractivity contribution in [3.8, 4) is 0 Å². The molecule has 1 aliphatic carbocycles. The molecule has 5 nitrogen and oxygen atoms in total. The fourth-order valence-electron chi connectivity index (χ4n) is 2.73. The average molecular weight is 322 g/mol. The van der Waals surface area contributed by atoms with Crippen LogP contribution in [0.4, 0.5) is 4.79 Å². The summed E-state index contributed by atoms with van der Waals surface area (Å²) in [7, 11) is -1.92. The summed E-state index contributed by atoms with van der Waals surface area (Å²) in [4.78, 5) is 11.6. The first kappa shape index (κ1) is 15.9. The van der Waals surface area contributed by atoms with Gasteiger partial charge in [0.05, 0.1) is 5.75 Å². The lowest BCUT2D eigenvalue weighted by molar-refractivity contribution is -0.0411. The van der Waals surface area contributed by atoms with Gasteiger partial charge >= 0.3 is 6.16 Å². The number of fused-ring (bicyclic) bond motifs is 1. The second-order valence-corrected chi connectivity index (χ2v) is 10.8. The smallest absolute Gasteiger partial charge is 0.431 e. The maximum Gasteiger partial charge on any atom is 0.509 e. The predicted molar refractivity (Wildman–Crippen MR) is 78.2 cm³/mol. The molecule has 0 N–H and O–H groups in total. The molecule has 0 aromatic heterocycles. The Labute approximate surface area is 124 Å². The number of ether oxygens (including phenoxy) is 2. The third-order valence-corrected chi connectivity index (χ3v) is 7.28. The molecule has 0 aromatic carbocycles. The van der Waals surface area contributed by atoms with Crippen molar-refractivity contribution in [2.24, 2.45) is 11.8 Å². The third-order valence-electron chi connectivity index (χ3n) is 3.62. The predicted octanol–water partition coefficient (Wildman–Crippen LogP) is 2.80.